The van der Waals surface area contributed by atoms with Crippen molar-refractivity contribution in [2.45, 2.75) is 0 Å². The molecule has 0 atom stereocenters. The smallest absolute Gasteiger partial charge is 0.0287 e. The first-order valence-corrected chi connectivity index (χ1v) is 8.18. The van der Waals surface area contributed by atoms with Crippen LogP contribution in [-0.4, -0.2) is 32.0 Å². The van der Waals surface area contributed by atoms with Crippen molar-refractivity contribution in [2.75, 3.05) is 11.5 Å². The van der Waals surface area contributed by atoms with Crippen molar-refractivity contribution in [2.24, 2.45) is 0 Å². The first kappa shape index (κ1) is 10.6. The molecule has 0 aromatic carbocycles. The molecule has 0 aliphatic heterocycles. The topological polar surface area (TPSA) is 0 Å². The second-order valence-electron chi connectivity index (χ2n) is 1.71. The van der Waals surface area contributed by atoms with Crippen molar-refractivity contribution in [1.29, 1.82) is 0 Å². The van der Waals surface area contributed by atoms with Crippen molar-refractivity contribution < 1.29 is 0 Å². The van der Waals surface area contributed by atoms with Gasteiger partial charge >= 0.3 is 0 Å². The van der Waals surface area contributed by atoms with Gasteiger partial charge in [-0.05, 0) is 0 Å². The summed E-state index contributed by atoms with van der Waals surface area (Å²) in [4.78, 5) is 0. The van der Waals surface area contributed by atoms with Crippen LogP contribution in [0.2, 0.25) is 0 Å². The van der Waals surface area contributed by atoms with Crippen molar-refractivity contribution in [3.8, 4) is 0 Å². The Morgan fingerprint density at radius 1 is 0.900 bits per heavy atom. The van der Waals surface area contributed by atoms with Gasteiger partial charge in [0.1, 0.15) is 0 Å². The van der Waals surface area contributed by atoms with Gasteiger partial charge in [0.2, 0.25) is 0 Å². The molecule has 0 heterocycles. The Bertz CT molecular complexity index is 98.3. The van der Waals surface area contributed by atoms with Crippen LogP contribution in [0.25, 0.3) is 0 Å². The van der Waals surface area contributed by atoms with Gasteiger partial charge in [-0.1, -0.05) is 33.7 Å². The standard InChI is InChI=1S/C6H14S2Si2/c9-5-1-3-7-8-4-2-6-10/h1-2,5-6H,3-4H2,9-10H3. The van der Waals surface area contributed by atoms with Crippen molar-refractivity contribution in [1.82, 2.24) is 0 Å². The fraction of sp³-hybridized carbons (Fsp3) is 0.333. The molecule has 0 aromatic rings. The van der Waals surface area contributed by atoms with Gasteiger partial charge < -0.3 is 0 Å². The second-order valence-corrected chi connectivity index (χ2v) is 5.59. The van der Waals surface area contributed by atoms with Crippen molar-refractivity contribution in [3.05, 3.63) is 23.6 Å². The van der Waals surface area contributed by atoms with E-state index in [1.807, 2.05) is 21.6 Å². The Balaban J connectivity index is 2.90. The molecule has 0 spiro atoms. The Morgan fingerprint density at radius 3 is 1.60 bits per heavy atom. The summed E-state index contributed by atoms with van der Waals surface area (Å²) in [5.74, 6) is 2.34. The summed E-state index contributed by atoms with van der Waals surface area (Å²) in [6.45, 7) is 0. The first-order chi connectivity index (χ1) is 4.91. The predicted molar refractivity (Wildman–Crippen MR) is 63.1 cm³/mol. The molecule has 0 bridgehead atoms. The van der Waals surface area contributed by atoms with Crippen LogP contribution in [0.3, 0.4) is 0 Å². The molecular formula is C6H14S2Si2. The average molecular weight is 206 g/mol. The zero-order chi connectivity index (χ0) is 7.66. The zero-order valence-electron chi connectivity index (χ0n) is 6.54. The van der Waals surface area contributed by atoms with Gasteiger partial charge in [-0.15, -0.1) is 11.4 Å². The highest BCUT2D eigenvalue weighted by Gasteiger charge is 1.81. The van der Waals surface area contributed by atoms with E-state index in [9.17, 15) is 0 Å². The normalized spacial score (nSPS) is 12.4. The fourth-order valence-electron chi connectivity index (χ4n) is 0.367. The maximum absolute atomic E-state index is 2.24. The lowest BCUT2D eigenvalue weighted by Crippen LogP contribution is -1.68. The molecule has 4 heteroatoms. The van der Waals surface area contributed by atoms with Gasteiger partial charge in [0.25, 0.3) is 0 Å². The van der Waals surface area contributed by atoms with Gasteiger partial charge in [-0.2, -0.15) is 0 Å². The summed E-state index contributed by atoms with van der Waals surface area (Å²) in [6.07, 6.45) is 4.49. The van der Waals surface area contributed by atoms with E-state index >= 15 is 0 Å². The van der Waals surface area contributed by atoms with Crippen molar-refractivity contribution in [3.63, 3.8) is 0 Å². The Hall–Kier alpha value is 0.614. The molecule has 0 aromatic heterocycles. The van der Waals surface area contributed by atoms with E-state index in [4.69, 9.17) is 0 Å². The monoisotopic (exact) mass is 206 g/mol. The average Bonchev–Trinajstić information content (AvgIpc) is 1.97. The van der Waals surface area contributed by atoms with Gasteiger partial charge in [-0.25, -0.2) is 0 Å². The molecule has 0 radical (unpaired) electrons. The Morgan fingerprint density at radius 2 is 1.30 bits per heavy atom. The molecule has 0 unspecified atom stereocenters. The molecule has 0 amide bonds. The summed E-state index contributed by atoms with van der Waals surface area (Å²) in [7, 11) is 6.26. The third kappa shape index (κ3) is 8.61. The molecule has 0 saturated carbocycles. The van der Waals surface area contributed by atoms with E-state index in [0.717, 1.165) is 0 Å². The number of rotatable bonds is 5. The summed E-state index contributed by atoms with van der Waals surface area (Å²) in [5.41, 5.74) is 4.46. The van der Waals surface area contributed by atoms with Crippen LogP contribution in [0.5, 0.6) is 0 Å². The predicted octanol–water partition coefficient (Wildman–Crippen LogP) is 0.126. The van der Waals surface area contributed by atoms with Crippen molar-refractivity contribution >= 4 is 42.1 Å². The highest BCUT2D eigenvalue weighted by molar-refractivity contribution is 8.76. The number of hydrogen-bond donors (Lipinski definition) is 0. The van der Waals surface area contributed by atoms with Gasteiger partial charge in [-0.3, -0.25) is 0 Å². The van der Waals surface area contributed by atoms with Gasteiger partial charge in [0.05, 0.1) is 0 Å². The lowest BCUT2D eigenvalue weighted by Gasteiger charge is -1.90. The number of hydrogen-bond acceptors (Lipinski definition) is 2. The van der Waals surface area contributed by atoms with Crippen LogP contribution in [0, 0.1) is 0 Å². The largest absolute Gasteiger partial charge is 0.108 e. The molecular weight excluding hydrogens is 192 g/mol. The maximum atomic E-state index is 2.24. The lowest BCUT2D eigenvalue weighted by molar-refractivity contribution is 1.81. The summed E-state index contributed by atoms with van der Waals surface area (Å²) in [5, 5.41) is 0. The van der Waals surface area contributed by atoms with E-state index in [0.29, 0.717) is 0 Å². The minimum absolute atomic E-state index is 1.17. The molecule has 0 aliphatic rings. The zero-order valence-corrected chi connectivity index (χ0v) is 12.2. The Kier molecular flexibility index (Phi) is 10.2. The second kappa shape index (κ2) is 9.61. The molecule has 0 N–H and O–H groups in total. The van der Waals surface area contributed by atoms with Crippen LogP contribution < -0.4 is 0 Å². The van der Waals surface area contributed by atoms with Crippen LogP contribution in [-0.2, 0) is 0 Å². The first-order valence-electron chi connectivity index (χ1n) is 3.38. The molecule has 0 fully saturated rings. The minimum atomic E-state index is 1.17. The SMILES string of the molecule is [SiH3]C=CCSSCC=C[SiH3]. The third-order valence-corrected chi connectivity index (χ3v) is 3.97. The van der Waals surface area contributed by atoms with E-state index in [1.165, 1.54) is 32.0 Å². The molecule has 58 valence electrons. The molecule has 0 rings (SSSR count). The van der Waals surface area contributed by atoms with E-state index < -0.39 is 0 Å². The molecule has 0 aliphatic carbocycles. The van der Waals surface area contributed by atoms with E-state index in [1.54, 1.807) is 0 Å². The van der Waals surface area contributed by atoms with E-state index in [-0.39, 0.29) is 0 Å². The minimum Gasteiger partial charge on any atom is -0.108 e. The van der Waals surface area contributed by atoms with Crippen LogP contribution in [0.1, 0.15) is 0 Å². The van der Waals surface area contributed by atoms with Gasteiger partial charge in [0.15, 0.2) is 0 Å². The molecule has 0 saturated heterocycles. The highest BCUT2D eigenvalue weighted by Crippen LogP contribution is 2.20. The Labute approximate surface area is 77.2 Å². The summed E-state index contributed by atoms with van der Waals surface area (Å²) >= 11 is 0. The third-order valence-electron chi connectivity index (χ3n) is 0.883. The highest BCUT2D eigenvalue weighted by atomic mass is 33.1. The van der Waals surface area contributed by atoms with Crippen LogP contribution in [0.15, 0.2) is 23.6 Å². The van der Waals surface area contributed by atoms with Crippen LogP contribution >= 0.6 is 21.6 Å². The summed E-state index contributed by atoms with van der Waals surface area (Å²) in [6, 6.07) is 0. The van der Waals surface area contributed by atoms with Crippen LogP contribution in [0.4, 0.5) is 0 Å². The molecule has 0 nitrogen and oxygen atoms in total. The molecule has 10 heavy (non-hydrogen) atoms. The summed E-state index contributed by atoms with van der Waals surface area (Å²) < 4.78 is 0. The maximum Gasteiger partial charge on any atom is 0.0287 e. The lowest BCUT2D eigenvalue weighted by atomic mass is 10.8. The fourth-order valence-corrected chi connectivity index (χ4v) is 3.31. The van der Waals surface area contributed by atoms with Gasteiger partial charge in [0, 0.05) is 32.0 Å². The van der Waals surface area contributed by atoms with E-state index in [2.05, 4.69) is 23.6 Å². The quantitative estimate of drug-likeness (QED) is 0.356.